The van der Waals surface area contributed by atoms with Crippen LogP contribution in [0.3, 0.4) is 0 Å². The molecule has 6 heteroatoms. The summed E-state index contributed by atoms with van der Waals surface area (Å²) >= 11 is 3.07. The zero-order chi connectivity index (χ0) is 12.3. The molecule has 2 N–H and O–H groups in total. The highest BCUT2D eigenvalue weighted by Crippen LogP contribution is 2.32. The number of ether oxygens (including phenoxy) is 1. The van der Waals surface area contributed by atoms with Gasteiger partial charge in [-0.15, -0.1) is 0 Å². The van der Waals surface area contributed by atoms with E-state index in [1.54, 1.807) is 6.07 Å². The summed E-state index contributed by atoms with van der Waals surface area (Å²) in [7, 11) is 1.01. The molecule has 0 aliphatic heterocycles. The van der Waals surface area contributed by atoms with Crippen LogP contribution in [0, 0.1) is 0 Å². The number of benzene rings is 1. The number of halogens is 3. The van der Waals surface area contributed by atoms with Gasteiger partial charge < -0.3 is 10.5 Å². The van der Waals surface area contributed by atoms with E-state index in [-0.39, 0.29) is 5.56 Å². The Bertz CT molecular complexity index is 398. The summed E-state index contributed by atoms with van der Waals surface area (Å²) in [4.78, 5) is 11.0. The standard InChI is InChI=1S/C10H10BrF2NO2/c1-16-9(15)8(14)10(12,13)6-3-2-4-7(11)5-6/h2-5,8H,14H2,1H3. The number of carbonyl (C=O) groups is 1. The first-order valence-electron chi connectivity index (χ1n) is 4.37. The lowest BCUT2D eigenvalue weighted by molar-refractivity contribution is -0.153. The number of esters is 1. The van der Waals surface area contributed by atoms with Crippen molar-refractivity contribution < 1.29 is 18.3 Å². The van der Waals surface area contributed by atoms with E-state index >= 15 is 0 Å². The molecule has 16 heavy (non-hydrogen) atoms. The van der Waals surface area contributed by atoms with E-state index in [4.69, 9.17) is 5.73 Å². The van der Waals surface area contributed by atoms with Crippen LogP contribution in [0.4, 0.5) is 8.78 Å². The van der Waals surface area contributed by atoms with Crippen LogP contribution in [-0.4, -0.2) is 19.1 Å². The summed E-state index contributed by atoms with van der Waals surface area (Å²) in [6, 6.07) is 3.45. The van der Waals surface area contributed by atoms with E-state index in [1.807, 2.05) is 0 Å². The molecule has 0 saturated carbocycles. The van der Waals surface area contributed by atoms with Gasteiger partial charge in [0, 0.05) is 10.0 Å². The number of hydrogen-bond acceptors (Lipinski definition) is 3. The highest BCUT2D eigenvalue weighted by molar-refractivity contribution is 9.10. The highest BCUT2D eigenvalue weighted by atomic mass is 79.9. The molecule has 1 rings (SSSR count). The zero-order valence-electron chi connectivity index (χ0n) is 8.41. The van der Waals surface area contributed by atoms with Crippen molar-refractivity contribution in [3.63, 3.8) is 0 Å². The first-order chi connectivity index (χ1) is 7.39. The van der Waals surface area contributed by atoms with Crippen LogP contribution in [0.2, 0.25) is 0 Å². The van der Waals surface area contributed by atoms with Gasteiger partial charge in [0.25, 0.3) is 5.92 Å². The summed E-state index contributed by atoms with van der Waals surface area (Å²) in [5.74, 6) is -4.61. The summed E-state index contributed by atoms with van der Waals surface area (Å²) in [5, 5.41) is 0. The quantitative estimate of drug-likeness (QED) is 0.868. The van der Waals surface area contributed by atoms with Crippen LogP contribution in [0.5, 0.6) is 0 Å². The van der Waals surface area contributed by atoms with Crippen LogP contribution in [0.1, 0.15) is 5.56 Å². The summed E-state index contributed by atoms with van der Waals surface area (Å²) in [6.07, 6.45) is 0. The maximum atomic E-state index is 13.7. The fraction of sp³-hybridized carbons (Fsp3) is 0.300. The number of carbonyl (C=O) groups excluding carboxylic acids is 1. The smallest absolute Gasteiger partial charge is 0.329 e. The predicted octanol–water partition coefficient (Wildman–Crippen LogP) is 2.04. The fourth-order valence-electron chi connectivity index (χ4n) is 1.15. The Labute approximate surface area is 99.7 Å². The molecular formula is C10H10BrF2NO2. The van der Waals surface area contributed by atoms with Crippen LogP contribution < -0.4 is 5.73 Å². The molecule has 88 valence electrons. The molecule has 1 unspecified atom stereocenters. The third-order valence-electron chi connectivity index (χ3n) is 2.06. The largest absolute Gasteiger partial charge is 0.468 e. The van der Waals surface area contributed by atoms with E-state index in [1.165, 1.54) is 18.2 Å². The molecule has 0 aromatic heterocycles. The van der Waals surface area contributed by atoms with E-state index in [0.29, 0.717) is 4.47 Å². The molecule has 0 radical (unpaired) electrons. The van der Waals surface area contributed by atoms with Crippen LogP contribution in [0.25, 0.3) is 0 Å². The topological polar surface area (TPSA) is 52.3 Å². The maximum Gasteiger partial charge on any atom is 0.329 e. The second-order valence-electron chi connectivity index (χ2n) is 3.13. The van der Waals surface area contributed by atoms with Crippen molar-refractivity contribution in [1.29, 1.82) is 0 Å². The molecule has 0 amide bonds. The minimum atomic E-state index is -3.46. The van der Waals surface area contributed by atoms with Gasteiger partial charge in [-0.1, -0.05) is 28.1 Å². The SMILES string of the molecule is COC(=O)C(N)C(F)(F)c1cccc(Br)c1. The molecule has 1 aromatic rings. The number of rotatable bonds is 3. The van der Waals surface area contributed by atoms with Gasteiger partial charge in [0.2, 0.25) is 0 Å². The van der Waals surface area contributed by atoms with E-state index in [2.05, 4.69) is 20.7 Å². The Balaban J connectivity index is 3.05. The first kappa shape index (κ1) is 13.1. The third kappa shape index (κ3) is 2.56. The van der Waals surface area contributed by atoms with Crippen molar-refractivity contribution in [1.82, 2.24) is 0 Å². The number of hydrogen-bond donors (Lipinski definition) is 1. The number of alkyl halides is 2. The molecule has 0 aliphatic carbocycles. The van der Waals surface area contributed by atoms with Gasteiger partial charge in [0.05, 0.1) is 7.11 Å². The minimum absolute atomic E-state index is 0.334. The van der Waals surface area contributed by atoms with Gasteiger partial charge >= 0.3 is 5.97 Å². The van der Waals surface area contributed by atoms with E-state index in [0.717, 1.165) is 7.11 Å². The van der Waals surface area contributed by atoms with Gasteiger partial charge in [-0.25, -0.2) is 0 Å². The van der Waals surface area contributed by atoms with Gasteiger partial charge in [-0.05, 0) is 12.1 Å². The Morgan fingerprint density at radius 1 is 1.56 bits per heavy atom. The van der Waals surface area contributed by atoms with Gasteiger partial charge in [0.15, 0.2) is 6.04 Å². The minimum Gasteiger partial charge on any atom is -0.468 e. The van der Waals surface area contributed by atoms with Gasteiger partial charge in [-0.3, -0.25) is 4.79 Å². The molecule has 1 aromatic carbocycles. The Hall–Kier alpha value is -1.01. The monoisotopic (exact) mass is 293 g/mol. The van der Waals surface area contributed by atoms with Crippen LogP contribution >= 0.6 is 15.9 Å². The Morgan fingerprint density at radius 3 is 2.69 bits per heavy atom. The van der Waals surface area contributed by atoms with Crippen molar-refractivity contribution in [2.45, 2.75) is 12.0 Å². The lowest BCUT2D eigenvalue weighted by atomic mass is 10.0. The molecule has 3 nitrogen and oxygen atoms in total. The molecular weight excluding hydrogens is 284 g/mol. The summed E-state index contributed by atoms with van der Waals surface area (Å²) < 4.78 is 32.1. The Morgan fingerprint density at radius 2 is 2.19 bits per heavy atom. The third-order valence-corrected chi connectivity index (χ3v) is 2.55. The second-order valence-corrected chi connectivity index (χ2v) is 4.05. The van der Waals surface area contributed by atoms with Crippen LogP contribution in [0.15, 0.2) is 28.7 Å². The molecule has 1 atom stereocenters. The van der Waals surface area contributed by atoms with E-state index < -0.39 is 17.9 Å². The van der Waals surface area contributed by atoms with Crippen molar-refractivity contribution >= 4 is 21.9 Å². The van der Waals surface area contributed by atoms with Crippen LogP contribution in [-0.2, 0) is 15.5 Å². The lowest BCUT2D eigenvalue weighted by Gasteiger charge is -2.21. The number of nitrogens with two attached hydrogens (primary N) is 1. The maximum absolute atomic E-state index is 13.7. The van der Waals surface area contributed by atoms with Gasteiger partial charge in [0.1, 0.15) is 0 Å². The zero-order valence-corrected chi connectivity index (χ0v) is 10.0. The van der Waals surface area contributed by atoms with Gasteiger partial charge in [-0.2, -0.15) is 8.78 Å². The van der Waals surface area contributed by atoms with Crippen molar-refractivity contribution in [3.05, 3.63) is 34.3 Å². The molecule has 0 spiro atoms. The fourth-order valence-corrected chi connectivity index (χ4v) is 1.55. The average Bonchev–Trinajstić information content (AvgIpc) is 2.27. The van der Waals surface area contributed by atoms with Crippen molar-refractivity contribution in [2.24, 2.45) is 5.73 Å². The Kier molecular flexibility index (Phi) is 3.98. The molecule has 0 heterocycles. The van der Waals surface area contributed by atoms with E-state index in [9.17, 15) is 13.6 Å². The highest BCUT2D eigenvalue weighted by Gasteiger charge is 2.44. The predicted molar refractivity (Wildman–Crippen MR) is 58.0 cm³/mol. The normalized spacial score (nSPS) is 13.3. The second kappa shape index (κ2) is 4.88. The summed E-state index contributed by atoms with van der Waals surface area (Å²) in [6.45, 7) is 0. The number of methoxy groups -OCH3 is 1. The molecule has 0 aliphatic rings. The molecule has 0 bridgehead atoms. The molecule has 0 saturated heterocycles. The average molecular weight is 294 g/mol. The first-order valence-corrected chi connectivity index (χ1v) is 5.16. The summed E-state index contributed by atoms with van der Waals surface area (Å²) in [5.41, 5.74) is 4.81. The van der Waals surface area contributed by atoms with Crippen molar-refractivity contribution in [2.75, 3.05) is 7.11 Å². The lowest BCUT2D eigenvalue weighted by Crippen LogP contribution is -2.45. The molecule has 0 fully saturated rings. The van der Waals surface area contributed by atoms with Crippen molar-refractivity contribution in [3.8, 4) is 0 Å².